The van der Waals surface area contributed by atoms with Crippen LogP contribution in [0.15, 0.2) is 95.9 Å². The predicted octanol–water partition coefficient (Wildman–Crippen LogP) is 8.44. The fourth-order valence-corrected chi connectivity index (χ4v) is 7.92. The molecule has 2 unspecified atom stereocenters. The summed E-state index contributed by atoms with van der Waals surface area (Å²) in [5.41, 5.74) is 1.13. The number of hydrogen-bond acceptors (Lipinski definition) is 9. The summed E-state index contributed by atoms with van der Waals surface area (Å²) in [7, 11) is -7.39. The van der Waals surface area contributed by atoms with Crippen LogP contribution in [-0.4, -0.2) is 31.8 Å². The second-order valence-electron chi connectivity index (χ2n) is 12.3. The monoisotopic (exact) mass is 744 g/mol. The van der Waals surface area contributed by atoms with Gasteiger partial charge < -0.3 is 9.47 Å². The van der Waals surface area contributed by atoms with Crippen LogP contribution in [0.2, 0.25) is 5.02 Å². The quantitative estimate of drug-likeness (QED) is 0.0795. The van der Waals surface area contributed by atoms with Crippen LogP contribution in [0.1, 0.15) is 43.0 Å². The Morgan fingerprint density at radius 1 is 0.960 bits per heavy atom. The Labute approximate surface area is 293 Å². The third-order valence-corrected chi connectivity index (χ3v) is 11.2. The predicted molar refractivity (Wildman–Crippen MR) is 180 cm³/mol. The minimum Gasteiger partial charge on any atom is -0.495 e. The van der Waals surface area contributed by atoms with E-state index in [-0.39, 0.29) is 29.3 Å². The molecule has 262 valence electrons. The fraction of sp³-hybridized carbons (Fsp3) is 0.257. The van der Waals surface area contributed by atoms with E-state index >= 15 is 8.78 Å². The molecule has 0 amide bonds. The molecule has 0 bridgehead atoms. The Kier molecular flexibility index (Phi) is 10.6. The van der Waals surface area contributed by atoms with Gasteiger partial charge in [0.25, 0.3) is 0 Å². The zero-order chi connectivity index (χ0) is 36.5. The van der Waals surface area contributed by atoms with E-state index in [0.29, 0.717) is 11.1 Å². The van der Waals surface area contributed by atoms with E-state index in [4.69, 9.17) is 25.6 Å². The number of alkyl halides is 2. The number of methoxy groups -OCH3 is 1. The Bertz CT molecular complexity index is 2120. The molecule has 1 heterocycles. The van der Waals surface area contributed by atoms with Crippen LogP contribution in [0.25, 0.3) is 11.1 Å². The van der Waals surface area contributed by atoms with Crippen molar-refractivity contribution in [3.63, 3.8) is 0 Å². The van der Waals surface area contributed by atoms with E-state index < -0.39 is 51.7 Å². The molecule has 1 fully saturated rings. The minimum atomic E-state index is -4.49. The summed E-state index contributed by atoms with van der Waals surface area (Å²) in [5.74, 6) is -0.706. The van der Waals surface area contributed by atoms with Crippen LogP contribution in [0.4, 0.5) is 8.78 Å². The standard InChI is InChI=1S/C35H32ClF2N2O8PS/c1-34(2,3)32(41)46-33-47-49(33,42)48-35(37,38)28-17-14-25(19-29(28)36)22-40(50(43,44)31-11-6-5-10-30(31)45-4)21-23-12-15-26(16-13-23)27-9-7-8-24(18-27)20-39/h5-19,33H,21-22H2,1-4H3. The van der Waals surface area contributed by atoms with Crippen LogP contribution in [0.5, 0.6) is 5.75 Å². The average Bonchev–Trinajstić information content (AvgIpc) is 3.70. The van der Waals surface area contributed by atoms with Gasteiger partial charge in [-0.05, 0) is 79.4 Å². The second kappa shape index (κ2) is 14.2. The van der Waals surface area contributed by atoms with Gasteiger partial charge in [0.05, 0.1) is 34.7 Å². The Morgan fingerprint density at radius 3 is 2.26 bits per heavy atom. The van der Waals surface area contributed by atoms with Gasteiger partial charge in [0, 0.05) is 13.1 Å². The van der Waals surface area contributed by atoms with Crippen molar-refractivity contribution in [1.82, 2.24) is 4.31 Å². The van der Waals surface area contributed by atoms with Gasteiger partial charge in [-0.15, -0.1) is 0 Å². The van der Waals surface area contributed by atoms with Gasteiger partial charge in [-0.25, -0.2) is 12.9 Å². The zero-order valence-corrected chi connectivity index (χ0v) is 29.8. The third kappa shape index (κ3) is 8.24. The van der Waals surface area contributed by atoms with Crippen molar-refractivity contribution in [1.29, 1.82) is 5.26 Å². The molecule has 1 aliphatic heterocycles. The van der Waals surface area contributed by atoms with E-state index in [2.05, 4.69) is 10.6 Å². The van der Waals surface area contributed by atoms with Gasteiger partial charge in [-0.2, -0.15) is 18.3 Å². The number of carbonyl (C=O) groups excluding carboxylic acids is 1. The summed E-state index contributed by atoms with van der Waals surface area (Å²) in [6.07, 6.45) is -4.22. The molecule has 0 N–H and O–H groups in total. The summed E-state index contributed by atoms with van der Waals surface area (Å²) >= 11 is 6.28. The maximum absolute atomic E-state index is 15.2. The minimum absolute atomic E-state index is 0.106. The lowest BCUT2D eigenvalue weighted by atomic mass is 9.98. The van der Waals surface area contributed by atoms with Crippen LogP contribution in [-0.2, 0) is 52.4 Å². The highest BCUT2D eigenvalue weighted by atomic mass is 35.5. The van der Waals surface area contributed by atoms with Crippen LogP contribution in [0.3, 0.4) is 0 Å². The summed E-state index contributed by atoms with van der Waals surface area (Å²) in [6.45, 7) is 4.17. The first kappa shape index (κ1) is 37.1. The van der Waals surface area contributed by atoms with Crippen LogP contribution < -0.4 is 4.74 Å². The van der Waals surface area contributed by atoms with Gasteiger partial charge in [-0.1, -0.05) is 66.2 Å². The lowest BCUT2D eigenvalue weighted by molar-refractivity contribution is -0.184. The van der Waals surface area contributed by atoms with E-state index in [1.807, 2.05) is 6.07 Å². The van der Waals surface area contributed by atoms with E-state index in [0.717, 1.165) is 27.6 Å². The maximum atomic E-state index is 15.2. The highest BCUT2D eigenvalue weighted by Crippen LogP contribution is 2.74. The van der Waals surface area contributed by atoms with Crippen LogP contribution in [0, 0.1) is 16.7 Å². The van der Waals surface area contributed by atoms with Crippen molar-refractivity contribution in [2.75, 3.05) is 7.11 Å². The molecule has 2 atom stereocenters. The van der Waals surface area contributed by atoms with Crippen LogP contribution >= 0.6 is 19.2 Å². The van der Waals surface area contributed by atoms with Gasteiger partial charge in [-0.3, -0.25) is 13.9 Å². The highest BCUT2D eigenvalue weighted by Gasteiger charge is 2.64. The average molecular weight is 745 g/mol. The number of nitrogens with zero attached hydrogens (tertiary/aromatic N) is 2. The van der Waals surface area contributed by atoms with Crippen molar-refractivity contribution in [3.8, 4) is 22.9 Å². The summed E-state index contributed by atoms with van der Waals surface area (Å²) in [6, 6.07) is 23.9. The van der Waals surface area contributed by atoms with Crippen molar-refractivity contribution >= 4 is 35.2 Å². The number of rotatable bonds is 12. The van der Waals surface area contributed by atoms with Crippen molar-refractivity contribution in [3.05, 3.63) is 118 Å². The number of ether oxygens (including phenoxy) is 2. The third-order valence-electron chi connectivity index (χ3n) is 7.54. The number of halogens is 3. The van der Waals surface area contributed by atoms with Gasteiger partial charge in [0.1, 0.15) is 10.6 Å². The van der Waals surface area contributed by atoms with Gasteiger partial charge >= 0.3 is 25.7 Å². The second-order valence-corrected chi connectivity index (χ2v) is 16.6. The van der Waals surface area contributed by atoms with E-state index in [9.17, 15) is 23.0 Å². The number of sulfonamides is 1. The Hall–Kier alpha value is -4.15. The summed E-state index contributed by atoms with van der Waals surface area (Å²) in [5, 5.41) is 8.76. The number of hydrogen-bond donors (Lipinski definition) is 0. The molecule has 10 nitrogen and oxygen atoms in total. The lowest BCUT2D eigenvalue weighted by Gasteiger charge is -2.24. The molecular formula is C35H32ClF2N2O8PS. The molecule has 50 heavy (non-hydrogen) atoms. The number of benzene rings is 4. The molecule has 15 heteroatoms. The molecule has 0 aliphatic carbocycles. The first-order valence-corrected chi connectivity index (χ1v) is 18.5. The summed E-state index contributed by atoms with van der Waals surface area (Å²) < 4.78 is 91.9. The fourth-order valence-electron chi connectivity index (χ4n) is 4.79. The molecule has 0 spiro atoms. The van der Waals surface area contributed by atoms with E-state index in [1.165, 1.54) is 46.1 Å². The molecule has 1 saturated heterocycles. The molecule has 1 aliphatic rings. The lowest BCUT2D eigenvalue weighted by Crippen LogP contribution is -2.30. The maximum Gasteiger partial charge on any atom is 0.408 e. The SMILES string of the molecule is COc1ccccc1S(=O)(=O)N(Cc1ccc(-c2cccc(C#N)c2)cc1)Cc1ccc(C(F)(F)OP2(=O)OC2OC(=O)C(C)(C)C)c(Cl)c1. The van der Waals surface area contributed by atoms with Gasteiger partial charge in [0.15, 0.2) is 0 Å². The number of esters is 1. The van der Waals surface area contributed by atoms with Crippen molar-refractivity contribution < 1.29 is 45.1 Å². The van der Waals surface area contributed by atoms with Crippen molar-refractivity contribution in [2.45, 2.75) is 50.9 Å². The Balaban J connectivity index is 1.40. The number of carbonyl (C=O) groups is 1. The summed E-state index contributed by atoms with van der Waals surface area (Å²) in [4.78, 5) is 12.0. The van der Waals surface area contributed by atoms with E-state index in [1.54, 1.807) is 54.6 Å². The first-order valence-electron chi connectivity index (χ1n) is 15.1. The normalized spacial score (nSPS) is 17.6. The first-order chi connectivity index (χ1) is 23.5. The topological polar surface area (TPSA) is 136 Å². The number of para-hydroxylation sites is 1. The molecule has 0 saturated carbocycles. The smallest absolute Gasteiger partial charge is 0.408 e. The number of nitriles is 1. The largest absolute Gasteiger partial charge is 0.495 e. The molecule has 4 aromatic rings. The van der Waals surface area contributed by atoms with Gasteiger partial charge in [0.2, 0.25) is 10.0 Å². The van der Waals surface area contributed by atoms with Crippen molar-refractivity contribution in [2.24, 2.45) is 5.41 Å². The molecule has 4 aromatic carbocycles. The molecule has 0 radical (unpaired) electrons. The molecular weight excluding hydrogens is 713 g/mol. The molecule has 0 aromatic heterocycles. The zero-order valence-electron chi connectivity index (χ0n) is 27.3. The molecule has 5 rings (SSSR count). The Morgan fingerprint density at radius 2 is 1.62 bits per heavy atom. The highest BCUT2D eigenvalue weighted by molar-refractivity contribution is 7.89.